The average molecular weight is 445 g/mol. The Balaban J connectivity index is 1.38. The molecule has 0 spiro atoms. The first-order chi connectivity index (χ1) is 14.4. The van der Waals surface area contributed by atoms with Crippen LogP contribution in [0.1, 0.15) is 44.1 Å². The summed E-state index contributed by atoms with van der Waals surface area (Å²) >= 11 is 1.42. The highest BCUT2D eigenvalue weighted by Gasteiger charge is 2.27. The van der Waals surface area contributed by atoms with E-state index in [1.807, 2.05) is 12.1 Å². The molecule has 0 bridgehead atoms. The van der Waals surface area contributed by atoms with Gasteiger partial charge >= 0.3 is 0 Å². The monoisotopic (exact) mass is 444 g/mol. The summed E-state index contributed by atoms with van der Waals surface area (Å²) in [7, 11) is -3.44. The third-order valence-electron chi connectivity index (χ3n) is 5.06. The van der Waals surface area contributed by atoms with Crippen LogP contribution in [0.5, 0.6) is 0 Å². The van der Waals surface area contributed by atoms with E-state index >= 15 is 0 Å². The number of thioether (sulfide) groups is 1. The minimum atomic E-state index is -3.44. The zero-order valence-electron chi connectivity index (χ0n) is 17.0. The summed E-state index contributed by atoms with van der Waals surface area (Å²) in [5, 5.41) is 4.76. The SMILES string of the molecule is CC(C)c1ccc(-c2noc(CSc3ccc(S(=O)(=O)N4CCCC4)cn3)n2)cc1. The van der Waals surface area contributed by atoms with Crippen molar-refractivity contribution in [2.75, 3.05) is 13.1 Å². The molecular formula is C21H24N4O3S2. The maximum Gasteiger partial charge on any atom is 0.244 e. The zero-order chi connectivity index (χ0) is 21.1. The number of nitrogens with zero attached hydrogens (tertiary/aromatic N) is 4. The topological polar surface area (TPSA) is 89.2 Å². The molecule has 0 radical (unpaired) electrons. The summed E-state index contributed by atoms with van der Waals surface area (Å²) in [6.07, 6.45) is 3.24. The molecule has 7 nitrogen and oxygen atoms in total. The normalized spacial score (nSPS) is 15.2. The number of pyridine rings is 1. The second-order valence-electron chi connectivity index (χ2n) is 7.52. The summed E-state index contributed by atoms with van der Waals surface area (Å²) in [6, 6.07) is 11.5. The Morgan fingerprint density at radius 2 is 1.83 bits per heavy atom. The van der Waals surface area contributed by atoms with Gasteiger partial charge in [0.15, 0.2) is 0 Å². The standard InChI is InChI=1S/C21H24N4O3S2/c1-15(2)16-5-7-17(8-6-16)21-23-19(28-24-21)14-29-20-10-9-18(13-22-20)30(26,27)25-11-3-4-12-25/h5-10,13,15H,3-4,11-12,14H2,1-2H3. The molecule has 3 aromatic rings. The highest BCUT2D eigenvalue weighted by Crippen LogP contribution is 2.26. The summed E-state index contributed by atoms with van der Waals surface area (Å²) in [6.45, 7) is 5.47. The highest BCUT2D eigenvalue weighted by atomic mass is 32.2. The lowest BCUT2D eigenvalue weighted by Gasteiger charge is -2.15. The smallest absolute Gasteiger partial charge is 0.244 e. The lowest BCUT2D eigenvalue weighted by atomic mass is 10.0. The maximum atomic E-state index is 12.6. The summed E-state index contributed by atoms with van der Waals surface area (Å²) in [5.41, 5.74) is 2.17. The van der Waals surface area contributed by atoms with Crippen LogP contribution < -0.4 is 0 Å². The van der Waals surface area contributed by atoms with Crippen molar-refractivity contribution in [3.05, 3.63) is 54.0 Å². The molecule has 4 rings (SSSR count). The highest BCUT2D eigenvalue weighted by molar-refractivity contribution is 7.98. The van der Waals surface area contributed by atoms with E-state index in [0.717, 1.165) is 18.4 Å². The molecule has 30 heavy (non-hydrogen) atoms. The van der Waals surface area contributed by atoms with Crippen molar-refractivity contribution >= 4 is 21.8 Å². The molecule has 1 aromatic carbocycles. The average Bonchev–Trinajstić information content (AvgIpc) is 3.45. The van der Waals surface area contributed by atoms with Crippen LogP contribution in [0.25, 0.3) is 11.4 Å². The van der Waals surface area contributed by atoms with Crippen molar-refractivity contribution in [2.24, 2.45) is 0 Å². The fraction of sp³-hybridized carbons (Fsp3) is 0.381. The number of benzene rings is 1. The molecule has 1 fully saturated rings. The van der Waals surface area contributed by atoms with Crippen LogP contribution in [-0.4, -0.2) is 40.9 Å². The van der Waals surface area contributed by atoms with Gasteiger partial charge in [-0.2, -0.15) is 9.29 Å². The molecule has 1 aliphatic rings. The van der Waals surface area contributed by atoms with E-state index in [1.165, 1.54) is 27.8 Å². The number of rotatable bonds is 7. The van der Waals surface area contributed by atoms with E-state index in [9.17, 15) is 8.42 Å². The largest absolute Gasteiger partial charge is 0.338 e. The Morgan fingerprint density at radius 3 is 2.47 bits per heavy atom. The molecule has 2 aromatic heterocycles. The van der Waals surface area contributed by atoms with Gasteiger partial charge in [0.2, 0.25) is 21.7 Å². The van der Waals surface area contributed by atoms with E-state index in [4.69, 9.17) is 4.52 Å². The second-order valence-corrected chi connectivity index (χ2v) is 10.5. The van der Waals surface area contributed by atoms with Crippen molar-refractivity contribution in [1.29, 1.82) is 0 Å². The molecule has 158 valence electrons. The number of aromatic nitrogens is 3. The number of sulfonamides is 1. The van der Waals surface area contributed by atoms with Gasteiger partial charge in [0.1, 0.15) is 4.90 Å². The minimum absolute atomic E-state index is 0.235. The van der Waals surface area contributed by atoms with Crippen molar-refractivity contribution in [2.45, 2.75) is 48.3 Å². The molecule has 3 heterocycles. The van der Waals surface area contributed by atoms with Crippen LogP contribution in [-0.2, 0) is 15.8 Å². The van der Waals surface area contributed by atoms with Gasteiger partial charge in [-0.1, -0.05) is 55.0 Å². The predicted molar refractivity (Wildman–Crippen MR) is 116 cm³/mol. The van der Waals surface area contributed by atoms with Crippen LogP contribution >= 0.6 is 11.8 Å². The Hall–Kier alpha value is -2.23. The minimum Gasteiger partial charge on any atom is -0.338 e. The van der Waals surface area contributed by atoms with Gasteiger partial charge in [-0.25, -0.2) is 13.4 Å². The van der Waals surface area contributed by atoms with E-state index < -0.39 is 10.0 Å². The quantitative estimate of drug-likeness (QED) is 0.501. The third-order valence-corrected chi connectivity index (χ3v) is 7.87. The van der Waals surface area contributed by atoms with Gasteiger partial charge in [-0.15, -0.1) is 0 Å². The molecule has 0 aliphatic carbocycles. The van der Waals surface area contributed by atoms with Crippen LogP contribution in [0.2, 0.25) is 0 Å². The van der Waals surface area contributed by atoms with Crippen LogP contribution in [0, 0.1) is 0 Å². The van der Waals surface area contributed by atoms with E-state index in [-0.39, 0.29) is 4.90 Å². The fourth-order valence-electron chi connectivity index (χ4n) is 3.27. The van der Waals surface area contributed by atoms with Gasteiger partial charge in [0.05, 0.1) is 10.8 Å². The van der Waals surface area contributed by atoms with Gasteiger partial charge in [-0.3, -0.25) is 0 Å². The van der Waals surface area contributed by atoms with Crippen LogP contribution in [0.3, 0.4) is 0 Å². The Kier molecular flexibility index (Phi) is 6.21. The van der Waals surface area contributed by atoms with Crippen molar-refractivity contribution < 1.29 is 12.9 Å². The molecule has 0 amide bonds. The first-order valence-electron chi connectivity index (χ1n) is 9.95. The van der Waals surface area contributed by atoms with Crippen molar-refractivity contribution in [1.82, 2.24) is 19.4 Å². The molecule has 0 unspecified atom stereocenters. The van der Waals surface area contributed by atoms with Crippen LogP contribution in [0.4, 0.5) is 0 Å². The molecular weight excluding hydrogens is 420 g/mol. The van der Waals surface area contributed by atoms with Gasteiger partial charge in [0, 0.05) is 24.8 Å². The molecule has 9 heteroatoms. The van der Waals surface area contributed by atoms with Crippen molar-refractivity contribution in [3.8, 4) is 11.4 Å². The Labute approximate surface area is 181 Å². The molecule has 1 aliphatic heterocycles. The van der Waals surface area contributed by atoms with Gasteiger partial charge in [0.25, 0.3) is 0 Å². The number of hydrogen-bond acceptors (Lipinski definition) is 7. The van der Waals surface area contributed by atoms with Crippen molar-refractivity contribution in [3.63, 3.8) is 0 Å². The second kappa shape index (κ2) is 8.87. The van der Waals surface area contributed by atoms with Gasteiger partial charge < -0.3 is 4.52 Å². The Bertz CT molecular complexity index is 1090. The summed E-state index contributed by atoms with van der Waals surface area (Å²) in [5.74, 6) is 1.99. The van der Waals surface area contributed by atoms with E-state index in [2.05, 4.69) is 41.1 Å². The molecule has 0 atom stereocenters. The third kappa shape index (κ3) is 4.58. The van der Waals surface area contributed by atoms with E-state index in [1.54, 1.807) is 12.1 Å². The summed E-state index contributed by atoms with van der Waals surface area (Å²) in [4.78, 5) is 8.97. The predicted octanol–water partition coefficient (Wildman–Crippen LogP) is 4.33. The summed E-state index contributed by atoms with van der Waals surface area (Å²) < 4.78 is 32.0. The number of hydrogen-bond donors (Lipinski definition) is 0. The fourth-order valence-corrected chi connectivity index (χ4v) is 5.41. The Morgan fingerprint density at radius 1 is 1.10 bits per heavy atom. The molecule has 0 saturated carbocycles. The molecule has 1 saturated heterocycles. The van der Waals surface area contributed by atoms with E-state index in [0.29, 0.717) is 41.5 Å². The lowest BCUT2D eigenvalue weighted by molar-refractivity contribution is 0.391. The molecule has 0 N–H and O–H groups in total. The first kappa shape index (κ1) is 21.0. The first-order valence-corrected chi connectivity index (χ1v) is 12.4. The lowest BCUT2D eigenvalue weighted by Crippen LogP contribution is -2.27. The zero-order valence-corrected chi connectivity index (χ0v) is 18.6. The maximum absolute atomic E-state index is 12.6. The van der Waals surface area contributed by atoms with Gasteiger partial charge in [-0.05, 0) is 36.5 Å². The van der Waals surface area contributed by atoms with Crippen LogP contribution in [0.15, 0.2) is 57.0 Å².